The van der Waals surface area contributed by atoms with Gasteiger partial charge in [0.25, 0.3) is 5.89 Å². The number of methoxy groups -OCH3 is 1. The Labute approximate surface area is 162 Å². The molecule has 0 spiro atoms. The van der Waals surface area contributed by atoms with E-state index in [0.29, 0.717) is 40.9 Å². The summed E-state index contributed by atoms with van der Waals surface area (Å²) in [5, 5.41) is 4.03. The summed E-state index contributed by atoms with van der Waals surface area (Å²) >= 11 is 0. The normalized spacial score (nSPS) is 15.0. The Hall–Kier alpha value is -3.22. The molecule has 3 heterocycles. The number of hydrogen-bond donors (Lipinski definition) is 0. The summed E-state index contributed by atoms with van der Waals surface area (Å²) in [6.45, 7) is 4.09. The molecule has 0 saturated heterocycles. The summed E-state index contributed by atoms with van der Waals surface area (Å²) in [5.41, 5.74) is 1.55. The highest BCUT2D eigenvalue weighted by atomic mass is 16.5. The molecule has 0 saturated carbocycles. The van der Waals surface area contributed by atoms with Crippen molar-refractivity contribution in [2.45, 2.75) is 38.7 Å². The molecule has 0 fully saturated rings. The van der Waals surface area contributed by atoms with Gasteiger partial charge in [-0.3, -0.25) is 4.79 Å². The molecule has 1 aliphatic heterocycles. The van der Waals surface area contributed by atoms with Crippen molar-refractivity contribution in [1.29, 1.82) is 0 Å². The summed E-state index contributed by atoms with van der Waals surface area (Å²) < 4.78 is 16.7. The second-order valence-corrected chi connectivity index (χ2v) is 6.81. The highest BCUT2D eigenvalue weighted by Gasteiger charge is 2.37. The first-order valence-electron chi connectivity index (χ1n) is 9.28. The summed E-state index contributed by atoms with van der Waals surface area (Å²) in [7, 11) is 1.55. The number of hydrogen-bond acceptors (Lipinski definition) is 7. The van der Waals surface area contributed by atoms with Crippen molar-refractivity contribution >= 4 is 5.78 Å². The smallest absolute Gasteiger partial charge is 0.258 e. The van der Waals surface area contributed by atoms with E-state index in [1.807, 2.05) is 19.9 Å². The van der Waals surface area contributed by atoms with E-state index in [0.717, 1.165) is 18.4 Å². The van der Waals surface area contributed by atoms with Crippen LogP contribution in [0.5, 0.6) is 11.6 Å². The van der Waals surface area contributed by atoms with Crippen LogP contribution in [0.2, 0.25) is 0 Å². The number of pyridine rings is 1. The second-order valence-electron chi connectivity index (χ2n) is 6.81. The van der Waals surface area contributed by atoms with E-state index in [1.165, 1.54) is 0 Å². The molecular formula is C21H21N3O4. The van der Waals surface area contributed by atoms with E-state index in [-0.39, 0.29) is 5.78 Å². The molecular weight excluding hydrogens is 358 g/mol. The van der Waals surface area contributed by atoms with Gasteiger partial charge in [-0.2, -0.15) is 4.98 Å². The van der Waals surface area contributed by atoms with Gasteiger partial charge in [0.15, 0.2) is 5.78 Å². The van der Waals surface area contributed by atoms with Crippen molar-refractivity contribution in [2.75, 3.05) is 7.11 Å². The first-order valence-corrected chi connectivity index (χ1v) is 9.28. The van der Waals surface area contributed by atoms with Gasteiger partial charge in [-0.15, -0.1) is 0 Å². The molecule has 0 N–H and O–H groups in total. The predicted molar refractivity (Wildman–Crippen MR) is 102 cm³/mol. The average molecular weight is 379 g/mol. The number of ketones is 1. The average Bonchev–Trinajstić information content (AvgIpc) is 3.24. The lowest BCUT2D eigenvalue weighted by Gasteiger charge is -2.36. The van der Waals surface area contributed by atoms with Crippen molar-refractivity contribution in [3.05, 3.63) is 42.1 Å². The molecule has 0 bridgehead atoms. The van der Waals surface area contributed by atoms with Gasteiger partial charge in [0, 0.05) is 23.4 Å². The standard InChI is InChI=1S/C21H21N3O4/c1-4-21(5-2)12-16(25)15-10-14(6-7-17(15)27-21)20-23-19(24-28-20)13-8-9-22-18(11-13)26-3/h6-11H,4-5,12H2,1-3H3. The Bertz CT molecular complexity index is 1020. The van der Waals surface area contributed by atoms with Crippen molar-refractivity contribution in [1.82, 2.24) is 15.1 Å². The lowest BCUT2D eigenvalue weighted by Crippen LogP contribution is -2.40. The van der Waals surface area contributed by atoms with Crippen molar-refractivity contribution < 1.29 is 18.8 Å². The molecule has 7 heteroatoms. The third-order valence-electron chi connectivity index (χ3n) is 5.25. The number of rotatable bonds is 5. The van der Waals surface area contributed by atoms with Crippen LogP contribution in [0.4, 0.5) is 0 Å². The van der Waals surface area contributed by atoms with Gasteiger partial charge < -0.3 is 14.0 Å². The Kier molecular flexibility index (Phi) is 4.58. The minimum atomic E-state index is -0.413. The molecule has 3 aromatic rings. The summed E-state index contributed by atoms with van der Waals surface area (Å²) in [6.07, 6.45) is 3.58. The highest BCUT2D eigenvalue weighted by molar-refractivity contribution is 6.01. The van der Waals surface area contributed by atoms with Gasteiger partial charge in [0.1, 0.15) is 11.4 Å². The fraction of sp³-hybridized carbons (Fsp3) is 0.333. The number of nitrogens with zero attached hydrogens (tertiary/aromatic N) is 3. The van der Waals surface area contributed by atoms with Gasteiger partial charge in [-0.25, -0.2) is 4.98 Å². The predicted octanol–water partition coefficient (Wildman–Crippen LogP) is 4.33. The van der Waals surface area contributed by atoms with Crippen molar-refractivity contribution in [2.24, 2.45) is 0 Å². The first-order chi connectivity index (χ1) is 13.6. The number of carbonyl (C=O) groups excluding carboxylic acids is 1. The second kappa shape index (κ2) is 7.07. The van der Waals surface area contributed by atoms with Gasteiger partial charge in [-0.1, -0.05) is 19.0 Å². The molecule has 0 amide bonds. The van der Waals surface area contributed by atoms with Crippen LogP contribution in [0.3, 0.4) is 0 Å². The molecule has 28 heavy (non-hydrogen) atoms. The molecule has 4 rings (SSSR count). The number of Topliss-reactive ketones (excluding diaryl/α,β-unsaturated/α-hetero) is 1. The molecule has 0 atom stereocenters. The molecule has 1 aliphatic rings. The van der Waals surface area contributed by atoms with E-state index < -0.39 is 5.60 Å². The Morgan fingerprint density at radius 2 is 1.96 bits per heavy atom. The molecule has 7 nitrogen and oxygen atoms in total. The molecule has 144 valence electrons. The number of fused-ring (bicyclic) bond motifs is 1. The maximum Gasteiger partial charge on any atom is 0.258 e. The maximum absolute atomic E-state index is 12.7. The monoisotopic (exact) mass is 379 g/mol. The molecule has 1 aromatic carbocycles. The number of ether oxygens (including phenoxy) is 2. The molecule has 0 aliphatic carbocycles. The maximum atomic E-state index is 12.7. The zero-order valence-corrected chi connectivity index (χ0v) is 16.1. The zero-order chi connectivity index (χ0) is 19.7. The van der Waals surface area contributed by atoms with Crippen LogP contribution in [0.15, 0.2) is 41.1 Å². The number of aromatic nitrogens is 3. The number of benzene rings is 1. The Morgan fingerprint density at radius 1 is 1.14 bits per heavy atom. The minimum absolute atomic E-state index is 0.0745. The third kappa shape index (κ3) is 3.13. The lowest BCUT2D eigenvalue weighted by atomic mass is 9.85. The Morgan fingerprint density at radius 3 is 2.71 bits per heavy atom. The summed E-state index contributed by atoms with van der Waals surface area (Å²) in [6, 6.07) is 8.90. The zero-order valence-electron chi connectivity index (χ0n) is 16.1. The van der Waals surface area contributed by atoms with E-state index in [1.54, 1.807) is 37.6 Å². The minimum Gasteiger partial charge on any atom is -0.486 e. The van der Waals surface area contributed by atoms with E-state index in [4.69, 9.17) is 14.0 Å². The largest absolute Gasteiger partial charge is 0.486 e. The van der Waals surface area contributed by atoms with Gasteiger partial charge >= 0.3 is 0 Å². The summed E-state index contributed by atoms with van der Waals surface area (Å²) in [4.78, 5) is 21.3. The fourth-order valence-corrected chi connectivity index (χ4v) is 3.39. The van der Waals surface area contributed by atoms with Gasteiger partial charge in [0.05, 0.1) is 19.1 Å². The molecule has 2 aromatic heterocycles. The van der Waals surface area contributed by atoms with E-state index in [2.05, 4.69) is 15.1 Å². The van der Waals surface area contributed by atoms with Gasteiger partial charge in [0.2, 0.25) is 11.7 Å². The van der Waals surface area contributed by atoms with Crippen LogP contribution in [-0.2, 0) is 0 Å². The quantitative estimate of drug-likeness (QED) is 0.652. The van der Waals surface area contributed by atoms with Crippen molar-refractivity contribution in [3.8, 4) is 34.5 Å². The third-order valence-corrected chi connectivity index (χ3v) is 5.25. The van der Waals surface area contributed by atoms with Crippen LogP contribution < -0.4 is 9.47 Å². The Balaban J connectivity index is 1.66. The lowest BCUT2D eigenvalue weighted by molar-refractivity contribution is 0.0350. The van der Waals surface area contributed by atoms with Gasteiger partial charge in [-0.05, 0) is 37.1 Å². The molecule has 0 unspecified atom stereocenters. The SMILES string of the molecule is CCC1(CC)CC(=O)c2cc(-c3nc(-c4ccnc(OC)c4)no3)ccc2O1. The first kappa shape index (κ1) is 18.2. The van der Waals surface area contributed by atoms with Crippen molar-refractivity contribution in [3.63, 3.8) is 0 Å². The highest BCUT2D eigenvalue weighted by Crippen LogP contribution is 2.39. The van der Waals surface area contributed by atoms with Crippen LogP contribution in [0.25, 0.3) is 22.8 Å². The van der Waals surface area contributed by atoms with Crippen LogP contribution in [0, 0.1) is 0 Å². The van der Waals surface area contributed by atoms with E-state index >= 15 is 0 Å². The fourth-order valence-electron chi connectivity index (χ4n) is 3.39. The topological polar surface area (TPSA) is 87.3 Å². The number of carbonyl (C=O) groups is 1. The molecule has 0 radical (unpaired) electrons. The summed E-state index contributed by atoms with van der Waals surface area (Å²) in [5.74, 6) is 1.92. The van der Waals surface area contributed by atoms with E-state index in [9.17, 15) is 4.79 Å². The van der Waals surface area contributed by atoms with Crippen LogP contribution in [-0.4, -0.2) is 33.6 Å². The van der Waals surface area contributed by atoms with Crippen LogP contribution >= 0.6 is 0 Å². The van der Waals surface area contributed by atoms with Crippen LogP contribution in [0.1, 0.15) is 43.5 Å².